The molecule has 2 heterocycles. The number of aromatic nitrogens is 1. The summed E-state index contributed by atoms with van der Waals surface area (Å²) >= 11 is 0. The number of aryl methyl sites for hydroxylation is 1. The number of anilines is 1. The van der Waals surface area contributed by atoms with Crippen molar-refractivity contribution in [3.8, 4) is 22.6 Å². The number of hydrogen-bond acceptors (Lipinski definition) is 6. The monoisotopic (exact) mass is 466 g/mol. The number of rotatable bonds is 8. The van der Waals surface area contributed by atoms with Crippen LogP contribution >= 0.6 is 0 Å². The molecular formula is C25H26N2O5S. The normalized spacial score (nSPS) is 16.1. The quantitative estimate of drug-likeness (QED) is 0.504. The van der Waals surface area contributed by atoms with E-state index in [1.807, 2.05) is 55.5 Å². The standard InChI is InChI=1S/C25H26N2O5S/c1-18-17-21(5-8-23(18)31-15-16-33(2,29)30)27-14-11-24(25(27)28)32-22-6-3-19(4-7-22)20-9-12-26-13-10-20/h3-10,12-13,17,24H,11,14-16H2,1-2H3. The summed E-state index contributed by atoms with van der Waals surface area (Å²) in [5, 5.41) is 0. The van der Waals surface area contributed by atoms with E-state index in [-0.39, 0.29) is 18.3 Å². The molecule has 0 aliphatic carbocycles. The number of ether oxygens (including phenoxy) is 2. The van der Waals surface area contributed by atoms with Crippen LogP contribution in [0.2, 0.25) is 0 Å². The van der Waals surface area contributed by atoms with Gasteiger partial charge in [-0.25, -0.2) is 8.42 Å². The van der Waals surface area contributed by atoms with Crippen molar-refractivity contribution in [2.75, 3.05) is 30.1 Å². The highest BCUT2D eigenvalue weighted by Gasteiger charge is 2.34. The predicted octanol–water partition coefficient (Wildman–Crippen LogP) is 3.66. The van der Waals surface area contributed by atoms with Gasteiger partial charge in [0.2, 0.25) is 0 Å². The average Bonchev–Trinajstić information content (AvgIpc) is 3.15. The summed E-state index contributed by atoms with van der Waals surface area (Å²) in [6.07, 6.45) is 4.74. The second-order valence-electron chi connectivity index (χ2n) is 8.07. The first-order valence-electron chi connectivity index (χ1n) is 10.7. The van der Waals surface area contributed by atoms with Crippen LogP contribution in [0.3, 0.4) is 0 Å². The molecule has 3 aromatic rings. The summed E-state index contributed by atoms with van der Waals surface area (Å²) in [6.45, 7) is 2.53. The van der Waals surface area contributed by atoms with E-state index in [2.05, 4.69) is 4.98 Å². The Morgan fingerprint density at radius 3 is 2.39 bits per heavy atom. The Balaban J connectivity index is 1.38. The van der Waals surface area contributed by atoms with E-state index < -0.39 is 15.9 Å². The van der Waals surface area contributed by atoms with Gasteiger partial charge < -0.3 is 14.4 Å². The zero-order valence-electron chi connectivity index (χ0n) is 18.6. The van der Waals surface area contributed by atoms with Gasteiger partial charge in [0, 0.05) is 37.3 Å². The van der Waals surface area contributed by atoms with Gasteiger partial charge in [-0.05, 0) is 66.1 Å². The van der Waals surface area contributed by atoms with E-state index >= 15 is 0 Å². The zero-order chi connectivity index (χ0) is 23.4. The molecule has 0 radical (unpaired) electrons. The number of pyridine rings is 1. The number of nitrogens with zero attached hydrogens (tertiary/aromatic N) is 2. The maximum absolute atomic E-state index is 13.0. The van der Waals surface area contributed by atoms with Crippen LogP contribution in [0.5, 0.6) is 11.5 Å². The molecule has 1 atom stereocenters. The van der Waals surface area contributed by atoms with Crippen LogP contribution in [-0.2, 0) is 14.6 Å². The molecule has 1 fully saturated rings. The Kier molecular flexibility index (Phi) is 6.65. The van der Waals surface area contributed by atoms with Crippen molar-refractivity contribution in [3.05, 3.63) is 72.6 Å². The van der Waals surface area contributed by atoms with Crippen LogP contribution in [0.1, 0.15) is 12.0 Å². The maximum atomic E-state index is 13.0. The molecular weight excluding hydrogens is 440 g/mol. The van der Waals surface area contributed by atoms with E-state index in [9.17, 15) is 13.2 Å². The highest BCUT2D eigenvalue weighted by atomic mass is 32.2. The average molecular weight is 467 g/mol. The first-order valence-corrected chi connectivity index (χ1v) is 12.8. The SMILES string of the molecule is Cc1cc(N2CCC(Oc3ccc(-c4ccncc4)cc3)C2=O)ccc1OCCS(C)(=O)=O. The number of carbonyl (C=O) groups excluding carboxylic acids is 1. The van der Waals surface area contributed by atoms with Gasteiger partial charge in [0.15, 0.2) is 15.9 Å². The minimum atomic E-state index is -3.08. The number of benzene rings is 2. The lowest BCUT2D eigenvalue weighted by Crippen LogP contribution is -2.32. The van der Waals surface area contributed by atoms with E-state index in [0.717, 1.165) is 22.4 Å². The Hall–Kier alpha value is -3.39. The van der Waals surface area contributed by atoms with Gasteiger partial charge in [-0.2, -0.15) is 0 Å². The maximum Gasteiger partial charge on any atom is 0.268 e. The molecule has 172 valence electrons. The lowest BCUT2D eigenvalue weighted by atomic mass is 10.1. The van der Waals surface area contributed by atoms with E-state index in [4.69, 9.17) is 9.47 Å². The van der Waals surface area contributed by atoms with E-state index in [1.165, 1.54) is 6.26 Å². The molecule has 4 rings (SSSR count). The highest BCUT2D eigenvalue weighted by molar-refractivity contribution is 7.90. The fourth-order valence-corrected chi connectivity index (χ4v) is 4.11. The third-order valence-corrected chi connectivity index (χ3v) is 6.39. The zero-order valence-corrected chi connectivity index (χ0v) is 19.4. The van der Waals surface area contributed by atoms with Gasteiger partial charge in [-0.3, -0.25) is 9.78 Å². The fourth-order valence-electron chi connectivity index (χ4n) is 3.72. The fraction of sp³-hybridized carbons (Fsp3) is 0.280. The van der Waals surface area contributed by atoms with Crippen LogP contribution in [0.4, 0.5) is 5.69 Å². The van der Waals surface area contributed by atoms with E-state index in [0.29, 0.717) is 24.5 Å². The van der Waals surface area contributed by atoms with Gasteiger partial charge in [-0.1, -0.05) is 12.1 Å². The lowest BCUT2D eigenvalue weighted by molar-refractivity contribution is -0.122. The van der Waals surface area contributed by atoms with Crippen LogP contribution in [0, 0.1) is 6.92 Å². The molecule has 0 spiro atoms. The summed E-state index contributed by atoms with van der Waals surface area (Å²) < 4.78 is 34.1. The molecule has 7 nitrogen and oxygen atoms in total. The van der Waals surface area contributed by atoms with Crippen molar-refractivity contribution in [3.63, 3.8) is 0 Å². The molecule has 1 unspecified atom stereocenters. The highest BCUT2D eigenvalue weighted by Crippen LogP contribution is 2.30. The van der Waals surface area contributed by atoms with E-state index in [1.54, 1.807) is 23.4 Å². The van der Waals surface area contributed by atoms with Gasteiger partial charge in [0.05, 0.1) is 5.75 Å². The minimum Gasteiger partial charge on any atom is -0.492 e. The van der Waals surface area contributed by atoms with Gasteiger partial charge in [-0.15, -0.1) is 0 Å². The molecule has 8 heteroatoms. The molecule has 1 aliphatic heterocycles. The lowest BCUT2D eigenvalue weighted by Gasteiger charge is -2.19. The smallest absolute Gasteiger partial charge is 0.268 e. The molecule has 1 saturated heterocycles. The second-order valence-corrected chi connectivity index (χ2v) is 10.3. The van der Waals surface area contributed by atoms with Crippen molar-refractivity contribution in [2.24, 2.45) is 0 Å². The molecule has 1 amide bonds. The first-order chi connectivity index (χ1) is 15.8. The van der Waals surface area contributed by atoms with Gasteiger partial charge >= 0.3 is 0 Å². The predicted molar refractivity (Wildman–Crippen MR) is 127 cm³/mol. The summed E-state index contributed by atoms with van der Waals surface area (Å²) in [6, 6.07) is 17.0. The molecule has 2 aromatic carbocycles. The van der Waals surface area contributed by atoms with Crippen LogP contribution in [0.15, 0.2) is 67.0 Å². The summed E-state index contributed by atoms with van der Waals surface area (Å²) in [4.78, 5) is 18.7. The van der Waals surface area contributed by atoms with Crippen molar-refractivity contribution >= 4 is 21.4 Å². The van der Waals surface area contributed by atoms with Gasteiger partial charge in [0.25, 0.3) is 5.91 Å². The summed E-state index contributed by atoms with van der Waals surface area (Å²) in [5.41, 5.74) is 3.73. The Morgan fingerprint density at radius 1 is 1.03 bits per heavy atom. The number of carbonyl (C=O) groups is 1. The van der Waals surface area contributed by atoms with Crippen molar-refractivity contribution in [1.29, 1.82) is 0 Å². The number of amides is 1. The third kappa shape index (κ3) is 5.70. The molecule has 0 N–H and O–H groups in total. The van der Waals surface area contributed by atoms with Crippen molar-refractivity contribution in [2.45, 2.75) is 19.4 Å². The number of hydrogen-bond donors (Lipinski definition) is 0. The molecule has 1 aromatic heterocycles. The second kappa shape index (κ2) is 9.62. The minimum absolute atomic E-state index is 0.0403. The molecule has 1 aliphatic rings. The first kappa shape index (κ1) is 22.8. The molecule has 33 heavy (non-hydrogen) atoms. The summed E-state index contributed by atoms with van der Waals surface area (Å²) in [5.74, 6) is 1.13. The summed E-state index contributed by atoms with van der Waals surface area (Å²) in [7, 11) is -3.08. The Labute approximate surface area is 193 Å². The van der Waals surface area contributed by atoms with Gasteiger partial charge in [0.1, 0.15) is 18.1 Å². The Bertz CT molecular complexity index is 1230. The number of sulfone groups is 1. The molecule has 0 bridgehead atoms. The third-order valence-electron chi connectivity index (χ3n) is 5.48. The van der Waals surface area contributed by atoms with Crippen molar-refractivity contribution < 1.29 is 22.7 Å². The van der Waals surface area contributed by atoms with Crippen molar-refractivity contribution in [1.82, 2.24) is 4.98 Å². The largest absolute Gasteiger partial charge is 0.492 e. The molecule has 0 saturated carbocycles. The topological polar surface area (TPSA) is 85.8 Å². The Morgan fingerprint density at radius 2 is 1.73 bits per heavy atom. The van der Waals surface area contributed by atoms with Crippen LogP contribution < -0.4 is 14.4 Å². The van der Waals surface area contributed by atoms with Crippen LogP contribution in [-0.4, -0.2) is 50.6 Å². The van der Waals surface area contributed by atoms with Crippen LogP contribution in [0.25, 0.3) is 11.1 Å².